The van der Waals surface area contributed by atoms with Gasteiger partial charge in [-0.05, 0) is 36.3 Å². The first-order valence-corrected chi connectivity index (χ1v) is 10.1. The highest BCUT2D eigenvalue weighted by Crippen LogP contribution is 2.38. The van der Waals surface area contributed by atoms with Gasteiger partial charge in [0.2, 0.25) is 8.32 Å². The van der Waals surface area contributed by atoms with E-state index in [-0.39, 0.29) is 10.9 Å². The molecule has 0 N–H and O–H groups in total. The first-order valence-electron chi connectivity index (χ1n) is 6.80. The minimum absolute atomic E-state index is 0.0722. The van der Waals surface area contributed by atoms with E-state index in [0.29, 0.717) is 16.3 Å². The van der Waals surface area contributed by atoms with Crippen molar-refractivity contribution in [1.29, 1.82) is 0 Å². The van der Waals surface area contributed by atoms with E-state index in [4.69, 9.17) is 20.9 Å². The van der Waals surface area contributed by atoms with Gasteiger partial charge in [-0.1, -0.05) is 32.4 Å². The molecule has 0 aliphatic carbocycles. The van der Waals surface area contributed by atoms with E-state index in [9.17, 15) is 4.79 Å². The zero-order chi connectivity index (χ0) is 16.4. The van der Waals surface area contributed by atoms with E-state index in [1.807, 2.05) is 0 Å². The van der Waals surface area contributed by atoms with Crippen molar-refractivity contribution < 1.29 is 14.1 Å². The number of hydrogen-bond donors (Lipinski definition) is 0. The zero-order valence-corrected chi connectivity index (χ0v) is 15.5. The van der Waals surface area contributed by atoms with Crippen LogP contribution in [0.5, 0.6) is 5.75 Å². The van der Waals surface area contributed by atoms with Gasteiger partial charge in [0, 0.05) is 17.6 Å². The van der Waals surface area contributed by atoms with Gasteiger partial charge in [0.1, 0.15) is 5.75 Å². The van der Waals surface area contributed by atoms with Gasteiger partial charge >= 0.3 is 0 Å². The molecule has 0 radical (unpaired) electrons. The summed E-state index contributed by atoms with van der Waals surface area (Å²) in [7, 11) is 1.02. The van der Waals surface area contributed by atoms with Crippen LogP contribution in [0.1, 0.15) is 31.1 Å². The van der Waals surface area contributed by atoms with Crippen LogP contribution in [0.4, 0.5) is 0 Å². The number of hydroxylamine groups is 2. The molecule has 0 heterocycles. The summed E-state index contributed by atoms with van der Waals surface area (Å²) in [4.78, 5) is 17.1. The molecule has 1 amide bonds. The lowest BCUT2D eigenvalue weighted by Crippen LogP contribution is -2.43. The summed E-state index contributed by atoms with van der Waals surface area (Å²) in [6.07, 6.45) is 0. The molecule has 0 spiro atoms. The van der Waals surface area contributed by atoms with Crippen molar-refractivity contribution in [3.63, 3.8) is 0 Å². The third-order valence-electron chi connectivity index (χ3n) is 3.86. The van der Waals surface area contributed by atoms with Crippen molar-refractivity contribution in [3.05, 3.63) is 28.8 Å². The maximum absolute atomic E-state index is 12.1. The van der Waals surface area contributed by atoms with Crippen molar-refractivity contribution in [2.75, 3.05) is 14.2 Å². The van der Waals surface area contributed by atoms with Crippen LogP contribution in [-0.2, 0) is 4.84 Å². The highest BCUT2D eigenvalue weighted by atomic mass is 35.5. The second kappa shape index (κ2) is 6.38. The average Bonchev–Trinajstić information content (AvgIpc) is 2.34. The summed E-state index contributed by atoms with van der Waals surface area (Å²) in [5, 5.41) is 1.70. The first-order chi connectivity index (χ1) is 9.48. The van der Waals surface area contributed by atoms with Crippen molar-refractivity contribution in [2.45, 2.75) is 38.9 Å². The van der Waals surface area contributed by atoms with Crippen LogP contribution in [0.2, 0.25) is 23.2 Å². The molecule has 0 aromatic heterocycles. The van der Waals surface area contributed by atoms with E-state index in [1.165, 1.54) is 7.11 Å². The molecule has 0 bridgehead atoms. The lowest BCUT2D eigenvalue weighted by molar-refractivity contribution is -0.0757. The van der Waals surface area contributed by atoms with Crippen LogP contribution >= 0.6 is 11.6 Å². The Morgan fingerprint density at radius 1 is 1.24 bits per heavy atom. The molecule has 21 heavy (non-hydrogen) atoms. The SMILES string of the molecule is CON(C)C(=O)c1cc(Cl)cc(O[Si](C)(C)C(C)(C)C)c1. The number of rotatable bonds is 4. The lowest BCUT2D eigenvalue weighted by atomic mass is 10.2. The Bertz CT molecular complexity index is 526. The molecule has 1 rings (SSSR count). The fourth-order valence-electron chi connectivity index (χ4n) is 1.46. The van der Waals surface area contributed by atoms with Crippen LogP contribution in [-0.4, -0.2) is 33.4 Å². The van der Waals surface area contributed by atoms with E-state index < -0.39 is 8.32 Å². The number of hydrogen-bond acceptors (Lipinski definition) is 3. The largest absolute Gasteiger partial charge is 0.543 e. The number of amides is 1. The molecular weight excluding hydrogens is 306 g/mol. The Balaban J connectivity index is 3.11. The standard InChI is InChI=1S/C15H24ClNO3Si/c1-15(2,3)21(6,7)20-13-9-11(8-12(16)10-13)14(18)17(4)19-5/h8-10H,1-7H3. The fraction of sp³-hybridized carbons (Fsp3) is 0.533. The molecule has 6 heteroatoms. The Kier molecular flexibility index (Phi) is 5.47. The number of halogens is 1. The predicted octanol–water partition coefficient (Wildman–Crippen LogP) is 4.36. The highest BCUT2D eigenvalue weighted by Gasteiger charge is 2.39. The summed E-state index contributed by atoms with van der Waals surface area (Å²) < 4.78 is 6.19. The Labute approximate surface area is 133 Å². The van der Waals surface area contributed by atoms with Crippen LogP contribution in [0.3, 0.4) is 0 Å². The Hall–Kier alpha value is -1.04. The summed E-state index contributed by atoms with van der Waals surface area (Å²) in [5.41, 5.74) is 0.445. The highest BCUT2D eigenvalue weighted by molar-refractivity contribution is 6.74. The van der Waals surface area contributed by atoms with Gasteiger partial charge in [-0.2, -0.15) is 0 Å². The Morgan fingerprint density at radius 3 is 2.29 bits per heavy atom. The topological polar surface area (TPSA) is 38.8 Å². The van der Waals surface area contributed by atoms with Gasteiger partial charge in [-0.3, -0.25) is 9.63 Å². The van der Waals surface area contributed by atoms with E-state index in [0.717, 1.165) is 5.06 Å². The number of benzene rings is 1. The molecule has 0 unspecified atom stereocenters. The normalized spacial score (nSPS) is 12.2. The van der Waals surface area contributed by atoms with E-state index >= 15 is 0 Å². The minimum atomic E-state index is -1.98. The zero-order valence-electron chi connectivity index (χ0n) is 13.8. The van der Waals surface area contributed by atoms with E-state index in [2.05, 4.69) is 33.9 Å². The molecule has 0 fully saturated rings. The summed E-state index contributed by atoms with van der Waals surface area (Å²) in [6, 6.07) is 5.06. The third-order valence-corrected chi connectivity index (χ3v) is 8.43. The molecular formula is C15H24ClNO3Si. The maximum Gasteiger partial charge on any atom is 0.277 e. The summed E-state index contributed by atoms with van der Waals surface area (Å²) in [6.45, 7) is 10.8. The van der Waals surface area contributed by atoms with Crippen LogP contribution in [0.15, 0.2) is 18.2 Å². The number of carbonyl (C=O) groups excluding carboxylic acids is 1. The van der Waals surface area contributed by atoms with Crippen molar-refractivity contribution in [2.24, 2.45) is 0 Å². The van der Waals surface area contributed by atoms with Crippen molar-refractivity contribution in [3.8, 4) is 5.75 Å². The van der Waals surface area contributed by atoms with Gasteiger partial charge in [-0.15, -0.1) is 0 Å². The van der Waals surface area contributed by atoms with E-state index in [1.54, 1.807) is 25.2 Å². The smallest absolute Gasteiger partial charge is 0.277 e. The molecule has 0 atom stereocenters. The van der Waals surface area contributed by atoms with Gasteiger partial charge in [0.15, 0.2) is 0 Å². The van der Waals surface area contributed by atoms with Gasteiger partial charge in [-0.25, -0.2) is 5.06 Å². The van der Waals surface area contributed by atoms with Crippen molar-refractivity contribution >= 4 is 25.8 Å². The molecule has 0 saturated carbocycles. The quantitative estimate of drug-likeness (QED) is 0.608. The van der Waals surface area contributed by atoms with Gasteiger partial charge < -0.3 is 4.43 Å². The monoisotopic (exact) mass is 329 g/mol. The Morgan fingerprint density at radius 2 is 1.81 bits per heavy atom. The molecule has 118 valence electrons. The number of carbonyl (C=O) groups is 1. The summed E-state index contributed by atoms with van der Waals surface area (Å²) >= 11 is 6.11. The number of nitrogens with zero attached hydrogens (tertiary/aromatic N) is 1. The molecule has 0 aliphatic rings. The van der Waals surface area contributed by atoms with Crippen LogP contribution in [0, 0.1) is 0 Å². The van der Waals surface area contributed by atoms with Gasteiger partial charge in [0.25, 0.3) is 5.91 Å². The second-order valence-electron chi connectivity index (χ2n) is 6.52. The lowest BCUT2D eigenvalue weighted by Gasteiger charge is -2.36. The van der Waals surface area contributed by atoms with Crippen LogP contribution in [0.25, 0.3) is 0 Å². The van der Waals surface area contributed by atoms with Gasteiger partial charge in [0.05, 0.1) is 7.11 Å². The minimum Gasteiger partial charge on any atom is -0.543 e. The van der Waals surface area contributed by atoms with Crippen LogP contribution < -0.4 is 4.43 Å². The summed E-state index contributed by atoms with van der Waals surface area (Å²) in [5.74, 6) is 0.363. The molecule has 1 aromatic rings. The third kappa shape index (κ3) is 4.46. The molecule has 4 nitrogen and oxygen atoms in total. The molecule has 1 aromatic carbocycles. The first kappa shape index (κ1) is 18.0. The second-order valence-corrected chi connectivity index (χ2v) is 11.7. The molecule has 0 aliphatic heterocycles. The fourth-order valence-corrected chi connectivity index (χ4v) is 2.70. The predicted molar refractivity (Wildman–Crippen MR) is 88.4 cm³/mol. The maximum atomic E-state index is 12.1. The average molecular weight is 330 g/mol. The molecule has 0 saturated heterocycles. The van der Waals surface area contributed by atoms with Crippen molar-refractivity contribution in [1.82, 2.24) is 5.06 Å².